The van der Waals surface area contributed by atoms with Crippen molar-refractivity contribution in [3.05, 3.63) is 83.0 Å². The summed E-state index contributed by atoms with van der Waals surface area (Å²) in [6, 6.07) is 5.52. The third-order valence-electron chi connectivity index (χ3n) is 19.4. The molecule has 0 spiro atoms. The predicted molar refractivity (Wildman–Crippen MR) is 251 cm³/mol. The van der Waals surface area contributed by atoms with E-state index in [4.69, 9.17) is 18.9 Å². The number of benzene rings is 1. The minimum atomic E-state index is -2.28. The number of carbonyl (C=O) groups excluding carboxylic acids is 4. The molecule has 1 unspecified atom stereocenters. The Hall–Kier alpha value is -3.10. The summed E-state index contributed by atoms with van der Waals surface area (Å²) in [4.78, 5) is 51.1. The van der Waals surface area contributed by atoms with E-state index < -0.39 is 151 Å². The van der Waals surface area contributed by atoms with Crippen molar-refractivity contribution in [3.63, 3.8) is 0 Å². The molecule has 0 aromatic heterocycles. The number of alkyl halides is 6. The molecule has 6 saturated carbocycles. The highest BCUT2D eigenvalue weighted by Gasteiger charge is 2.82. The number of aryl methyl sites for hydroxylation is 1. The monoisotopic (exact) mass is 1030 g/mol. The molecule has 19 atom stereocenters. The molecular formula is C53H60F6O10S2. The van der Waals surface area contributed by atoms with Gasteiger partial charge in [-0.3, -0.25) is 19.2 Å². The Morgan fingerprint density at radius 3 is 1.63 bits per heavy atom. The third kappa shape index (κ3) is 6.52. The maximum absolute atomic E-state index is 17.4. The maximum Gasteiger partial charge on any atom is 0.226 e. The first-order valence-corrected chi connectivity index (χ1v) is 26.3. The van der Waals surface area contributed by atoms with Crippen molar-refractivity contribution < 1.29 is 74.7 Å². The van der Waals surface area contributed by atoms with Crippen molar-refractivity contribution in [2.75, 3.05) is 12.0 Å². The second-order valence-electron chi connectivity index (χ2n) is 22.8. The second kappa shape index (κ2) is 16.7. The summed E-state index contributed by atoms with van der Waals surface area (Å²) in [5.41, 5.74) is -11.4. The van der Waals surface area contributed by atoms with E-state index in [0.717, 1.165) is 23.3 Å². The highest BCUT2D eigenvalue weighted by atomic mass is 32.2. The largest absolute Gasteiger partial charge is 0.390 e. The maximum atomic E-state index is 17.4. The zero-order valence-corrected chi connectivity index (χ0v) is 42.2. The van der Waals surface area contributed by atoms with Crippen LogP contribution in [0, 0.1) is 52.3 Å². The van der Waals surface area contributed by atoms with Crippen molar-refractivity contribution >= 4 is 45.3 Å². The van der Waals surface area contributed by atoms with Gasteiger partial charge in [0.2, 0.25) is 10.2 Å². The van der Waals surface area contributed by atoms with E-state index in [2.05, 4.69) is 0 Å². The van der Waals surface area contributed by atoms with Crippen molar-refractivity contribution in [2.45, 2.75) is 158 Å². The Kier molecular flexibility index (Phi) is 12.1. The first-order valence-electron chi connectivity index (χ1n) is 24.4. The number of halogens is 6. The van der Waals surface area contributed by atoms with Crippen LogP contribution in [0.5, 0.6) is 0 Å². The van der Waals surface area contributed by atoms with Crippen LogP contribution in [0.15, 0.2) is 71.9 Å². The van der Waals surface area contributed by atoms with E-state index in [1.165, 1.54) is 38.2 Å². The van der Waals surface area contributed by atoms with Crippen molar-refractivity contribution in [2.24, 2.45) is 45.3 Å². The number of hydrogen-bond donors (Lipinski definition) is 2. The number of fused-ring (bicyclic) bond motifs is 14. The van der Waals surface area contributed by atoms with Gasteiger partial charge in [0, 0.05) is 39.1 Å². The van der Waals surface area contributed by atoms with E-state index in [9.17, 15) is 38.2 Å². The summed E-state index contributed by atoms with van der Waals surface area (Å²) in [5, 5.41) is 21.8. The summed E-state index contributed by atoms with van der Waals surface area (Å²) in [5.74, 6) is -5.03. The highest BCUT2D eigenvalue weighted by Crippen LogP contribution is 2.75. The van der Waals surface area contributed by atoms with E-state index in [-0.39, 0.29) is 49.7 Å². The molecule has 8 aliphatic carbocycles. The van der Waals surface area contributed by atoms with Crippen molar-refractivity contribution in [3.8, 4) is 0 Å². The zero-order valence-electron chi connectivity index (χ0n) is 40.5. The Labute approximate surface area is 417 Å². The molecule has 2 saturated heterocycles. The molecule has 11 rings (SSSR count). The quantitative estimate of drug-likeness (QED) is 0.271. The first-order chi connectivity index (χ1) is 33.2. The summed E-state index contributed by atoms with van der Waals surface area (Å²) in [6.07, 6.45) is -1.65. The summed E-state index contributed by atoms with van der Waals surface area (Å²) in [6.45, 7) is 11.8. The molecular weight excluding hydrogens is 975 g/mol. The van der Waals surface area contributed by atoms with Crippen LogP contribution in [0.25, 0.3) is 0 Å². The smallest absolute Gasteiger partial charge is 0.226 e. The molecule has 10 aliphatic rings. The molecule has 18 heteroatoms. The van der Waals surface area contributed by atoms with Crippen LogP contribution >= 0.6 is 23.5 Å². The number of carbonyl (C=O) groups is 4. The standard InChI is InChI=1S/C29H31F3O5S.C24H29F3O5S/c1-15-6-4-5-7-17(15)24-36-23-12-18-19-11-21(31)20-10-16(33)8-9-26(20,2)28(19,32)22(34)13-27(18,3)29(23,37-24)25(35)38-14-30;1-20(2)31-18-9-13-14-8-16(26)15-7-12(28)5-6-21(15,3)23(14,27)17(29)10-22(13,4)24(18,32-20)19(30)33-11-25/h4-10,18-19,21-24,34H,11-14H2,1-3H3;5-7,13-14,16-18,29H,8-11H2,1-4H3/t18-,19-,21-,22-,23+,24?,26-,27-,28-,29-;13-,14-,16-,17-,18+,21-,22-,23-,24-/m00/s1. The number of aliphatic hydroxyl groups excluding tert-OH is 2. The van der Waals surface area contributed by atoms with Gasteiger partial charge in [0.1, 0.15) is 24.4 Å². The topological polar surface area (TPSA) is 146 Å². The van der Waals surface area contributed by atoms with Crippen LogP contribution in [-0.2, 0) is 38.1 Å². The molecule has 2 aliphatic heterocycles. The number of hydrogen-bond acceptors (Lipinski definition) is 12. The molecule has 1 aromatic carbocycles. The molecule has 0 radical (unpaired) electrons. The van der Waals surface area contributed by atoms with E-state index in [0.29, 0.717) is 23.5 Å². The lowest BCUT2D eigenvalue weighted by Gasteiger charge is -2.63. The molecule has 0 bridgehead atoms. The zero-order chi connectivity index (χ0) is 51.4. The molecule has 2 N–H and O–H groups in total. The number of rotatable bonds is 5. The lowest BCUT2D eigenvalue weighted by molar-refractivity contribution is -0.246. The number of allylic oxidation sites excluding steroid dienone is 8. The predicted octanol–water partition coefficient (Wildman–Crippen LogP) is 9.26. The summed E-state index contributed by atoms with van der Waals surface area (Å²) < 4.78 is 118. The number of ether oxygens (including phenoxy) is 4. The fourth-order valence-corrected chi connectivity index (χ4v) is 17.7. The Bertz CT molecular complexity index is 2590. The van der Waals surface area contributed by atoms with E-state index in [1.807, 2.05) is 31.2 Å². The molecule has 71 heavy (non-hydrogen) atoms. The second-order valence-corrected chi connectivity index (χ2v) is 24.5. The van der Waals surface area contributed by atoms with Gasteiger partial charge in [-0.05, 0) is 126 Å². The Morgan fingerprint density at radius 2 is 1.14 bits per heavy atom. The average molecular weight is 1040 g/mol. The van der Waals surface area contributed by atoms with Gasteiger partial charge >= 0.3 is 0 Å². The molecule has 0 amide bonds. The number of thioether (sulfide) groups is 2. The van der Waals surface area contributed by atoms with Gasteiger partial charge in [-0.15, -0.1) is 0 Å². The third-order valence-corrected chi connectivity index (χ3v) is 20.8. The van der Waals surface area contributed by atoms with E-state index in [1.54, 1.807) is 27.7 Å². The van der Waals surface area contributed by atoms with Crippen LogP contribution in [0.3, 0.4) is 0 Å². The fourth-order valence-electron chi connectivity index (χ4n) is 16.3. The molecule has 2 heterocycles. The van der Waals surface area contributed by atoms with Gasteiger partial charge in [-0.1, -0.05) is 73.8 Å². The molecule has 386 valence electrons. The van der Waals surface area contributed by atoms with Crippen LogP contribution in [0.2, 0.25) is 0 Å². The summed E-state index contributed by atoms with van der Waals surface area (Å²) in [7, 11) is 0. The van der Waals surface area contributed by atoms with Crippen LogP contribution in [-0.4, -0.2) is 109 Å². The van der Waals surface area contributed by atoms with Crippen LogP contribution in [0.1, 0.15) is 97.5 Å². The van der Waals surface area contributed by atoms with Crippen LogP contribution < -0.4 is 0 Å². The van der Waals surface area contributed by atoms with Crippen molar-refractivity contribution in [1.82, 2.24) is 0 Å². The van der Waals surface area contributed by atoms with Gasteiger partial charge in [-0.25, -0.2) is 26.3 Å². The Balaban J connectivity index is 0.000000166. The first kappa shape index (κ1) is 51.4. The highest BCUT2D eigenvalue weighted by molar-refractivity contribution is 8.14. The fraction of sp³-hybridized carbons (Fsp3) is 0.660. The minimum absolute atomic E-state index is 0.0375. The normalized spacial score (nSPS) is 49.4. The van der Waals surface area contributed by atoms with Gasteiger partial charge in [0.25, 0.3) is 0 Å². The lowest BCUT2D eigenvalue weighted by atomic mass is 9.44. The van der Waals surface area contributed by atoms with Gasteiger partial charge in [0.05, 0.1) is 24.4 Å². The number of ketones is 2. The summed E-state index contributed by atoms with van der Waals surface area (Å²) >= 11 is 0.962. The Morgan fingerprint density at radius 1 is 0.676 bits per heavy atom. The van der Waals surface area contributed by atoms with Crippen molar-refractivity contribution in [1.29, 1.82) is 0 Å². The lowest BCUT2D eigenvalue weighted by Crippen LogP contribution is -2.70. The SMILES string of the molecule is CC1(C)O[C@@H]2C[C@H]3[C@@H]4C[C@H](F)C5=CC(=O)C=C[C@]5(C)[C@@]4(F)[C@@H](O)C[C@]3(C)[C@]2(C(=O)SCF)O1.Cc1ccccc1C1O[C@@H]2C[C@H]3[C@@H]4C[C@H](F)C5=CC(=O)C=C[C@]5(C)[C@@]4(F)[C@@H](O)C[C@]3(C)[C@]2(C(=O)SCF)O1. The van der Waals surface area contributed by atoms with E-state index >= 15 is 17.6 Å². The molecule has 10 nitrogen and oxygen atoms in total. The van der Waals surface area contributed by atoms with Gasteiger partial charge in [0.15, 0.2) is 46.2 Å². The minimum Gasteiger partial charge on any atom is -0.390 e. The van der Waals surface area contributed by atoms with Crippen LogP contribution in [0.4, 0.5) is 26.3 Å². The molecule has 8 fully saturated rings. The van der Waals surface area contributed by atoms with Gasteiger partial charge in [-0.2, -0.15) is 0 Å². The average Bonchev–Trinajstić information content (AvgIpc) is 3.97. The molecule has 1 aromatic rings. The number of aliphatic hydroxyl groups is 2. The van der Waals surface area contributed by atoms with Gasteiger partial charge < -0.3 is 29.2 Å².